The van der Waals surface area contributed by atoms with Crippen molar-refractivity contribution < 1.29 is 4.74 Å². The van der Waals surface area contributed by atoms with Crippen molar-refractivity contribution in [3.8, 4) is 5.75 Å². The van der Waals surface area contributed by atoms with E-state index in [-0.39, 0.29) is 0 Å². The van der Waals surface area contributed by atoms with Crippen LogP contribution in [0.15, 0.2) is 42.5 Å². The Bertz CT molecular complexity index is 635. The van der Waals surface area contributed by atoms with Crippen molar-refractivity contribution >= 4 is 17.3 Å². The molecular formula is C18H20ClNO. The van der Waals surface area contributed by atoms with Gasteiger partial charge in [0.2, 0.25) is 0 Å². The second kappa shape index (κ2) is 5.98. The molecule has 0 saturated heterocycles. The molecule has 3 rings (SSSR count). The van der Waals surface area contributed by atoms with E-state index < -0.39 is 0 Å². The lowest BCUT2D eigenvalue weighted by Crippen LogP contribution is -2.34. The molecule has 1 aliphatic carbocycles. The van der Waals surface area contributed by atoms with Gasteiger partial charge in [-0.1, -0.05) is 35.9 Å². The number of anilines is 1. The maximum atomic E-state index is 6.24. The lowest BCUT2D eigenvalue weighted by atomic mass is 9.75. The maximum absolute atomic E-state index is 6.24. The minimum Gasteiger partial charge on any atom is -0.496 e. The minimum absolute atomic E-state index is 0.485. The molecule has 2 aromatic carbocycles. The Labute approximate surface area is 131 Å². The first-order valence-corrected chi connectivity index (χ1v) is 7.71. The Morgan fingerprint density at radius 1 is 1.14 bits per heavy atom. The summed E-state index contributed by atoms with van der Waals surface area (Å²) < 4.78 is 5.45. The van der Waals surface area contributed by atoms with Gasteiger partial charge in [0.1, 0.15) is 5.75 Å². The average molecular weight is 302 g/mol. The second-order valence-corrected chi connectivity index (χ2v) is 6.14. The maximum Gasteiger partial charge on any atom is 0.122 e. The molecule has 0 bridgehead atoms. The summed E-state index contributed by atoms with van der Waals surface area (Å²) in [6, 6.07) is 14.9. The Kier molecular flexibility index (Phi) is 4.07. The van der Waals surface area contributed by atoms with Gasteiger partial charge in [-0.2, -0.15) is 0 Å². The van der Waals surface area contributed by atoms with E-state index in [1.807, 2.05) is 24.3 Å². The largest absolute Gasteiger partial charge is 0.496 e. The lowest BCUT2D eigenvalue weighted by molar-refractivity contribution is 0.350. The number of hydrogen-bond acceptors (Lipinski definition) is 2. The van der Waals surface area contributed by atoms with Crippen molar-refractivity contribution in [2.24, 2.45) is 0 Å². The molecule has 0 atom stereocenters. The predicted molar refractivity (Wildman–Crippen MR) is 88.6 cm³/mol. The third-order valence-corrected chi connectivity index (χ3v) is 4.53. The van der Waals surface area contributed by atoms with Crippen LogP contribution in [-0.4, -0.2) is 13.2 Å². The highest BCUT2D eigenvalue weighted by molar-refractivity contribution is 6.33. The third kappa shape index (κ3) is 3.01. The molecule has 0 aromatic heterocycles. The van der Waals surface area contributed by atoms with Gasteiger partial charge in [-0.25, -0.2) is 0 Å². The molecule has 2 aromatic rings. The highest BCUT2D eigenvalue weighted by Gasteiger charge is 2.32. The number of para-hydroxylation sites is 1. The Morgan fingerprint density at radius 3 is 2.67 bits per heavy atom. The van der Waals surface area contributed by atoms with Gasteiger partial charge >= 0.3 is 0 Å². The van der Waals surface area contributed by atoms with Crippen LogP contribution in [0, 0.1) is 6.92 Å². The Morgan fingerprint density at radius 2 is 1.90 bits per heavy atom. The molecule has 1 N–H and O–H groups in total. The van der Waals surface area contributed by atoms with Crippen LogP contribution in [0.5, 0.6) is 5.75 Å². The van der Waals surface area contributed by atoms with Crippen molar-refractivity contribution in [1.29, 1.82) is 0 Å². The lowest BCUT2D eigenvalue weighted by Gasteiger charge is -2.37. The normalized spacial score (nSPS) is 20.7. The number of halogens is 1. The summed E-state index contributed by atoms with van der Waals surface area (Å²) in [5, 5.41) is 4.34. The van der Waals surface area contributed by atoms with E-state index in [0.29, 0.717) is 12.0 Å². The summed E-state index contributed by atoms with van der Waals surface area (Å²) in [6.45, 7) is 2.08. The van der Waals surface area contributed by atoms with Crippen LogP contribution in [0.3, 0.4) is 0 Å². The van der Waals surface area contributed by atoms with Crippen LogP contribution in [0.25, 0.3) is 0 Å². The third-order valence-electron chi connectivity index (χ3n) is 4.20. The molecule has 0 spiro atoms. The fraction of sp³-hybridized carbons (Fsp3) is 0.333. The molecule has 0 amide bonds. The molecule has 2 nitrogen and oxygen atoms in total. The van der Waals surface area contributed by atoms with Gasteiger partial charge in [0.05, 0.1) is 17.8 Å². The van der Waals surface area contributed by atoms with Crippen LogP contribution in [0.4, 0.5) is 5.69 Å². The zero-order valence-electron chi connectivity index (χ0n) is 12.4. The molecule has 0 unspecified atom stereocenters. The van der Waals surface area contributed by atoms with Crippen LogP contribution in [0.1, 0.15) is 29.9 Å². The van der Waals surface area contributed by atoms with Crippen molar-refractivity contribution in [3.05, 3.63) is 58.6 Å². The fourth-order valence-electron chi connectivity index (χ4n) is 2.96. The smallest absolute Gasteiger partial charge is 0.122 e. The summed E-state index contributed by atoms with van der Waals surface area (Å²) in [5.74, 6) is 1.57. The number of aryl methyl sites for hydroxylation is 1. The van der Waals surface area contributed by atoms with Gasteiger partial charge in [-0.05, 0) is 55.0 Å². The number of hydrogen-bond donors (Lipinski definition) is 1. The highest BCUT2D eigenvalue weighted by atomic mass is 35.5. The summed E-state index contributed by atoms with van der Waals surface area (Å²) in [4.78, 5) is 0. The van der Waals surface area contributed by atoms with E-state index in [2.05, 4.69) is 30.4 Å². The van der Waals surface area contributed by atoms with E-state index in [1.54, 1.807) is 7.11 Å². The fourth-order valence-corrected chi connectivity index (χ4v) is 3.14. The predicted octanol–water partition coefficient (Wildman–Crippen LogP) is 5.02. The van der Waals surface area contributed by atoms with Crippen LogP contribution >= 0.6 is 11.6 Å². The molecule has 0 aliphatic heterocycles. The number of methoxy groups -OCH3 is 1. The second-order valence-electron chi connectivity index (χ2n) is 5.73. The summed E-state index contributed by atoms with van der Waals surface area (Å²) in [5.41, 5.74) is 3.58. The zero-order chi connectivity index (χ0) is 14.8. The first-order chi connectivity index (χ1) is 10.2. The molecule has 21 heavy (non-hydrogen) atoms. The van der Waals surface area contributed by atoms with Crippen molar-refractivity contribution in [3.63, 3.8) is 0 Å². The topological polar surface area (TPSA) is 21.3 Å². The van der Waals surface area contributed by atoms with Gasteiger partial charge in [0.25, 0.3) is 0 Å². The van der Waals surface area contributed by atoms with E-state index in [9.17, 15) is 0 Å². The molecule has 0 heterocycles. The standard InChI is InChI=1S/C18H20ClNO/c1-12-7-8-16(19)17(9-12)20-14-10-13(11-14)15-5-3-4-6-18(15)21-2/h3-9,13-14,20H,10-11H2,1-2H3. The first-order valence-electron chi connectivity index (χ1n) is 7.33. The van der Waals surface area contributed by atoms with Gasteiger partial charge in [0.15, 0.2) is 0 Å². The number of benzene rings is 2. The highest BCUT2D eigenvalue weighted by Crippen LogP contribution is 2.42. The summed E-state index contributed by atoms with van der Waals surface area (Å²) >= 11 is 6.24. The Hall–Kier alpha value is -1.67. The van der Waals surface area contributed by atoms with Crippen LogP contribution < -0.4 is 10.1 Å². The molecule has 1 aliphatic rings. The van der Waals surface area contributed by atoms with Gasteiger partial charge in [-0.3, -0.25) is 0 Å². The monoisotopic (exact) mass is 301 g/mol. The van der Waals surface area contributed by atoms with E-state index in [0.717, 1.165) is 29.3 Å². The molecule has 1 saturated carbocycles. The van der Waals surface area contributed by atoms with Crippen molar-refractivity contribution in [2.45, 2.75) is 31.7 Å². The molecule has 1 fully saturated rings. The summed E-state index contributed by atoms with van der Waals surface area (Å²) in [6.07, 6.45) is 2.23. The van der Waals surface area contributed by atoms with Gasteiger partial charge in [-0.15, -0.1) is 0 Å². The number of nitrogens with one attached hydrogen (secondary N) is 1. The number of ether oxygens (including phenoxy) is 1. The van der Waals surface area contributed by atoms with Gasteiger partial charge < -0.3 is 10.1 Å². The molecule has 110 valence electrons. The Balaban J connectivity index is 1.65. The average Bonchev–Trinajstić information content (AvgIpc) is 2.46. The van der Waals surface area contributed by atoms with Crippen LogP contribution in [0.2, 0.25) is 5.02 Å². The molecule has 0 radical (unpaired) electrons. The van der Waals surface area contributed by atoms with E-state index in [4.69, 9.17) is 16.3 Å². The summed E-state index contributed by atoms with van der Waals surface area (Å²) in [7, 11) is 1.74. The van der Waals surface area contributed by atoms with E-state index >= 15 is 0 Å². The molecule has 3 heteroatoms. The van der Waals surface area contributed by atoms with Crippen molar-refractivity contribution in [1.82, 2.24) is 0 Å². The molecular weight excluding hydrogens is 282 g/mol. The van der Waals surface area contributed by atoms with Crippen molar-refractivity contribution in [2.75, 3.05) is 12.4 Å². The zero-order valence-corrected chi connectivity index (χ0v) is 13.2. The van der Waals surface area contributed by atoms with Crippen LogP contribution in [-0.2, 0) is 0 Å². The van der Waals surface area contributed by atoms with Gasteiger partial charge in [0, 0.05) is 6.04 Å². The minimum atomic E-state index is 0.485. The van der Waals surface area contributed by atoms with E-state index in [1.165, 1.54) is 11.1 Å². The number of rotatable bonds is 4. The first kappa shape index (κ1) is 14.3. The quantitative estimate of drug-likeness (QED) is 0.856. The SMILES string of the molecule is COc1ccccc1C1CC(Nc2cc(C)ccc2Cl)C1.